The number of aliphatic imine (C=N–C) groups is 1. The van der Waals surface area contributed by atoms with Crippen molar-refractivity contribution in [1.29, 1.82) is 0 Å². The van der Waals surface area contributed by atoms with E-state index in [4.69, 9.17) is 0 Å². The summed E-state index contributed by atoms with van der Waals surface area (Å²) in [5, 5.41) is 1.98. The summed E-state index contributed by atoms with van der Waals surface area (Å²) in [5.74, 6) is 5.21. The number of isothiocyanates is 1. The van der Waals surface area contributed by atoms with Crippen LogP contribution >= 0.6 is 12.2 Å². The second-order valence-electron chi connectivity index (χ2n) is 7.09. The van der Waals surface area contributed by atoms with Crippen molar-refractivity contribution in [3.05, 3.63) is 69.8 Å². The highest BCUT2D eigenvalue weighted by Crippen LogP contribution is 2.34. The van der Waals surface area contributed by atoms with E-state index in [9.17, 15) is 8.78 Å². The molecule has 0 aliphatic heterocycles. The lowest BCUT2D eigenvalue weighted by Crippen LogP contribution is -2.00. The van der Waals surface area contributed by atoms with Crippen molar-refractivity contribution in [2.45, 2.75) is 32.1 Å². The number of nitrogens with zero attached hydrogens (tertiary/aromatic N) is 1. The van der Waals surface area contributed by atoms with Crippen molar-refractivity contribution in [2.75, 3.05) is 0 Å². The molecule has 0 radical (unpaired) electrons. The van der Waals surface area contributed by atoms with E-state index < -0.39 is 17.3 Å². The fraction of sp³-hybridized carbons (Fsp3) is 0.261. The molecule has 4 heteroatoms. The highest BCUT2D eigenvalue weighted by molar-refractivity contribution is 7.78. The van der Waals surface area contributed by atoms with Crippen molar-refractivity contribution >= 4 is 29.1 Å². The van der Waals surface area contributed by atoms with Crippen LogP contribution in [0.3, 0.4) is 0 Å². The molecule has 0 spiro atoms. The molecule has 0 amide bonds. The van der Waals surface area contributed by atoms with Crippen LogP contribution in [0.25, 0.3) is 6.08 Å². The van der Waals surface area contributed by atoms with Crippen LogP contribution < -0.4 is 0 Å². The maximum atomic E-state index is 13.9. The van der Waals surface area contributed by atoms with Crippen LogP contribution in [0.4, 0.5) is 14.5 Å². The molecular formula is C23H17F2NS. The number of hydrogen-bond donors (Lipinski definition) is 0. The Labute approximate surface area is 162 Å². The summed E-state index contributed by atoms with van der Waals surface area (Å²) >= 11 is 4.40. The molecule has 27 heavy (non-hydrogen) atoms. The molecule has 1 nitrogen and oxygen atoms in total. The van der Waals surface area contributed by atoms with Gasteiger partial charge in [-0.15, -0.1) is 0 Å². The van der Waals surface area contributed by atoms with Crippen LogP contribution in [0.15, 0.2) is 40.9 Å². The number of thiocarbonyl (C=S) groups is 1. The first-order valence-corrected chi connectivity index (χ1v) is 9.44. The molecule has 0 saturated heterocycles. The van der Waals surface area contributed by atoms with Crippen LogP contribution in [0.1, 0.15) is 41.5 Å². The van der Waals surface area contributed by atoms with E-state index in [1.54, 1.807) is 0 Å². The molecule has 2 aromatic rings. The van der Waals surface area contributed by atoms with Gasteiger partial charge in [-0.3, -0.25) is 0 Å². The smallest absolute Gasteiger partial charge is 0.153 e. The van der Waals surface area contributed by atoms with Gasteiger partial charge in [0.2, 0.25) is 0 Å². The van der Waals surface area contributed by atoms with Gasteiger partial charge < -0.3 is 0 Å². The summed E-state index contributed by atoms with van der Waals surface area (Å²) in [6.07, 6.45) is 7.76. The lowest BCUT2D eigenvalue weighted by Gasteiger charge is -2.14. The summed E-state index contributed by atoms with van der Waals surface area (Å²) in [7, 11) is 0. The van der Waals surface area contributed by atoms with E-state index in [1.165, 1.54) is 48.1 Å². The maximum absolute atomic E-state index is 13.9. The van der Waals surface area contributed by atoms with Gasteiger partial charge in [-0.25, -0.2) is 8.78 Å². The molecule has 0 atom stereocenters. The Kier molecular flexibility index (Phi) is 4.99. The maximum Gasteiger partial charge on any atom is 0.153 e. The third-order valence-corrected chi connectivity index (χ3v) is 5.06. The third-order valence-electron chi connectivity index (χ3n) is 4.96. The van der Waals surface area contributed by atoms with Crippen molar-refractivity contribution in [1.82, 2.24) is 0 Å². The van der Waals surface area contributed by atoms with Crippen LogP contribution in [0.2, 0.25) is 0 Å². The van der Waals surface area contributed by atoms with Gasteiger partial charge in [-0.1, -0.05) is 30.0 Å². The predicted molar refractivity (Wildman–Crippen MR) is 107 cm³/mol. The highest BCUT2D eigenvalue weighted by Gasteiger charge is 2.22. The minimum absolute atomic E-state index is 0.278. The van der Waals surface area contributed by atoms with Gasteiger partial charge in [0.05, 0.1) is 5.16 Å². The molecule has 0 N–H and O–H groups in total. The number of rotatable bonds is 3. The van der Waals surface area contributed by atoms with Gasteiger partial charge in [0, 0.05) is 11.1 Å². The third kappa shape index (κ3) is 4.22. The Morgan fingerprint density at radius 1 is 1.04 bits per heavy atom. The molecule has 0 bridgehead atoms. The molecule has 0 unspecified atom stereocenters. The van der Waals surface area contributed by atoms with Crippen molar-refractivity contribution in [2.24, 2.45) is 10.9 Å². The minimum Gasteiger partial charge on any atom is -0.204 e. The monoisotopic (exact) mass is 377 g/mol. The quantitative estimate of drug-likeness (QED) is 0.361. The molecular weight excluding hydrogens is 360 g/mol. The zero-order valence-electron chi connectivity index (χ0n) is 14.7. The molecule has 1 fully saturated rings. The molecule has 2 aliphatic rings. The molecule has 4 rings (SSSR count). The second kappa shape index (κ2) is 7.56. The van der Waals surface area contributed by atoms with Gasteiger partial charge in [-0.05, 0) is 85.1 Å². The van der Waals surface area contributed by atoms with Gasteiger partial charge in [0.25, 0.3) is 0 Å². The topological polar surface area (TPSA) is 12.4 Å². The Morgan fingerprint density at radius 2 is 1.81 bits per heavy atom. The lowest BCUT2D eigenvalue weighted by molar-refractivity contribution is 0.587. The van der Waals surface area contributed by atoms with E-state index in [0.29, 0.717) is 0 Å². The molecule has 2 aromatic carbocycles. The Balaban J connectivity index is 1.56. The number of halogens is 2. The molecule has 0 aromatic heterocycles. The standard InChI is InChI=1S/C23H17F2NS/c24-21-12-18(13-22(25)23(21)26-14-27)4-3-16-5-7-20-11-17(9-15-1-2-15)6-8-19(20)10-16/h6,8,10-13,15H,1-2,5,7,9H2. The number of benzene rings is 2. The normalized spacial score (nSPS) is 15.1. The van der Waals surface area contributed by atoms with E-state index in [0.717, 1.165) is 24.3 Å². The summed E-state index contributed by atoms with van der Waals surface area (Å²) < 4.78 is 27.8. The largest absolute Gasteiger partial charge is 0.204 e. The summed E-state index contributed by atoms with van der Waals surface area (Å²) in [6.45, 7) is 0. The fourth-order valence-corrected chi connectivity index (χ4v) is 3.46. The fourth-order valence-electron chi connectivity index (χ4n) is 3.37. The van der Waals surface area contributed by atoms with E-state index in [2.05, 4.69) is 53.3 Å². The second-order valence-corrected chi connectivity index (χ2v) is 7.27. The predicted octanol–water partition coefficient (Wildman–Crippen LogP) is 6.03. The number of aryl methyl sites for hydroxylation is 1. The SMILES string of the molecule is Fc1cc(C#CC2=Cc3ccc(CC4CC4)cc3CC2)cc(F)c1N=C=S. The average Bonchev–Trinajstić information content (AvgIpc) is 3.47. The van der Waals surface area contributed by atoms with Gasteiger partial charge in [0.15, 0.2) is 11.6 Å². The Hall–Kier alpha value is -2.60. The number of allylic oxidation sites excluding steroid dienone is 1. The van der Waals surface area contributed by atoms with Crippen LogP contribution in [0, 0.1) is 29.4 Å². The Morgan fingerprint density at radius 3 is 2.52 bits per heavy atom. The van der Waals surface area contributed by atoms with E-state index >= 15 is 0 Å². The minimum atomic E-state index is -0.789. The summed E-state index contributed by atoms with van der Waals surface area (Å²) in [5.41, 5.74) is 4.79. The highest BCUT2D eigenvalue weighted by atomic mass is 32.1. The van der Waals surface area contributed by atoms with Crippen molar-refractivity contribution < 1.29 is 8.78 Å². The molecule has 2 aliphatic carbocycles. The Bertz CT molecular complexity index is 1020. The van der Waals surface area contributed by atoms with Gasteiger partial charge in [0.1, 0.15) is 5.69 Å². The van der Waals surface area contributed by atoms with Crippen LogP contribution in [-0.4, -0.2) is 5.16 Å². The van der Waals surface area contributed by atoms with Gasteiger partial charge >= 0.3 is 0 Å². The first-order valence-electron chi connectivity index (χ1n) is 9.03. The van der Waals surface area contributed by atoms with Crippen LogP contribution in [-0.2, 0) is 12.8 Å². The summed E-state index contributed by atoms with van der Waals surface area (Å²) in [6, 6.07) is 9.01. The number of hydrogen-bond acceptors (Lipinski definition) is 2. The van der Waals surface area contributed by atoms with Gasteiger partial charge in [-0.2, -0.15) is 4.99 Å². The molecule has 1 saturated carbocycles. The number of fused-ring (bicyclic) bond motifs is 1. The van der Waals surface area contributed by atoms with Crippen molar-refractivity contribution in [3.8, 4) is 11.8 Å². The lowest BCUT2D eigenvalue weighted by atomic mass is 9.90. The van der Waals surface area contributed by atoms with E-state index in [1.807, 2.05) is 5.16 Å². The van der Waals surface area contributed by atoms with E-state index in [-0.39, 0.29) is 5.56 Å². The average molecular weight is 377 g/mol. The van der Waals surface area contributed by atoms with Crippen molar-refractivity contribution in [3.63, 3.8) is 0 Å². The molecule has 134 valence electrons. The zero-order valence-corrected chi connectivity index (χ0v) is 15.5. The van der Waals surface area contributed by atoms with Crippen LogP contribution in [0.5, 0.6) is 0 Å². The zero-order chi connectivity index (χ0) is 18.8. The first kappa shape index (κ1) is 17.8. The summed E-state index contributed by atoms with van der Waals surface area (Å²) in [4.78, 5) is 3.41. The molecule has 0 heterocycles. The first-order chi connectivity index (χ1) is 13.1.